The van der Waals surface area contributed by atoms with Crippen LogP contribution in [0.15, 0.2) is 18.3 Å². The maximum absolute atomic E-state index is 4.27. The van der Waals surface area contributed by atoms with Crippen LogP contribution in [-0.2, 0) is 6.42 Å². The Balaban J connectivity index is 0.000000424. The molecule has 0 aliphatic heterocycles. The van der Waals surface area contributed by atoms with E-state index in [1.807, 2.05) is 6.20 Å². The zero-order chi connectivity index (χ0) is 10.1. The minimum atomic E-state index is 1.10. The van der Waals surface area contributed by atoms with E-state index in [0.29, 0.717) is 0 Å². The van der Waals surface area contributed by atoms with Gasteiger partial charge in [0.2, 0.25) is 0 Å². The zero-order valence-electron chi connectivity index (χ0n) is 9.30. The van der Waals surface area contributed by atoms with Crippen LogP contribution in [0, 0.1) is 6.92 Å². The predicted octanol–water partition coefficient (Wildman–Crippen LogP) is 3.76. The van der Waals surface area contributed by atoms with E-state index in [-0.39, 0.29) is 0 Å². The maximum atomic E-state index is 4.27. The van der Waals surface area contributed by atoms with Crippen molar-refractivity contribution in [3.63, 3.8) is 0 Å². The molecule has 0 amide bonds. The van der Waals surface area contributed by atoms with Crippen LogP contribution in [0.1, 0.15) is 44.9 Å². The van der Waals surface area contributed by atoms with E-state index in [0.717, 1.165) is 6.42 Å². The minimum absolute atomic E-state index is 1.10. The van der Waals surface area contributed by atoms with Crippen LogP contribution in [0.25, 0.3) is 0 Å². The van der Waals surface area contributed by atoms with E-state index in [4.69, 9.17) is 0 Å². The Morgan fingerprint density at radius 1 is 1.15 bits per heavy atom. The molecule has 0 bridgehead atoms. The molecular formula is C12H21N. The van der Waals surface area contributed by atoms with Crippen molar-refractivity contribution in [1.29, 1.82) is 0 Å². The van der Waals surface area contributed by atoms with Crippen molar-refractivity contribution >= 4 is 0 Å². The summed E-state index contributed by atoms with van der Waals surface area (Å²) in [6.07, 6.45) is 5.45. The molecule has 0 saturated carbocycles. The van der Waals surface area contributed by atoms with Crippen molar-refractivity contribution < 1.29 is 0 Å². The highest BCUT2D eigenvalue weighted by Crippen LogP contribution is 2.00. The molecule has 0 saturated heterocycles. The van der Waals surface area contributed by atoms with E-state index in [9.17, 15) is 0 Å². The summed E-state index contributed by atoms with van der Waals surface area (Å²) in [5.74, 6) is 0. The molecule has 0 aliphatic rings. The van der Waals surface area contributed by atoms with Gasteiger partial charge in [0.05, 0.1) is 0 Å². The molecule has 1 aromatic rings. The van der Waals surface area contributed by atoms with Crippen LogP contribution >= 0.6 is 0 Å². The monoisotopic (exact) mass is 179 g/mol. The molecule has 0 radical (unpaired) electrons. The van der Waals surface area contributed by atoms with Gasteiger partial charge in [0, 0.05) is 11.9 Å². The third kappa shape index (κ3) is 6.32. The second-order valence-corrected chi connectivity index (χ2v) is 3.28. The predicted molar refractivity (Wildman–Crippen MR) is 58.9 cm³/mol. The molecule has 1 heteroatoms. The topological polar surface area (TPSA) is 12.9 Å². The summed E-state index contributed by atoms with van der Waals surface area (Å²) in [6.45, 7) is 8.48. The second kappa shape index (κ2) is 7.78. The summed E-state index contributed by atoms with van der Waals surface area (Å²) in [5.41, 5.74) is 2.44. The molecule has 0 atom stereocenters. The fourth-order valence-electron chi connectivity index (χ4n) is 0.902. The average molecular weight is 179 g/mol. The first kappa shape index (κ1) is 12.2. The molecule has 0 unspecified atom stereocenters. The standard InChI is InChI=1S/C9H13N.C3H8/c1-3-4-9-6-5-8(2)7-10-9;1-3-2/h5-7H,3-4H2,1-2H3;3H2,1-2H3. The van der Waals surface area contributed by atoms with Crippen LogP contribution in [0.5, 0.6) is 0 Å². The van der Waals surface area contributed by atoms with Gasteiger partial charge in [-0.05, 0) is 25.0 Å². The SMILES string of the molecule is CCC.CCCc1ccc(C)cn1. The number of aromatic nitrogens is 1. The summed E-state index contributed by atoms with van der Waals surface area (Å²) in [7, 11) is 0. The summed E-state index contributed by atoms with van der Waals surface area (Å²) < 4.78 is 0. The number of hydrogen-bond acceptors (Lipinski definition) is 1. The number of aryl methyl sites for hydroxylation is 2. The van der Waals surface area contributed by atoms with E-state index in [2.05, 4.69) is 44.8 Å². The van der Waals surface area contributed by atoms with Crippen molar-refractivity contribution in [1.82, 2.24) is 4.98 Å². The fourth-order valence-corrected chi connectivity index (χ4v) is 0.902. The molecule has 1 aromatic heterocycles. The lowest BCUT2D eigenvalue weighted by atomic mass is 10.2. The summed E-state index contributed by atoms with van der Waals surface area (Å²) in [4.78, 5) is 4.27. The van der Waals surface area contributed by atoms with Gasteiger partial charge in [-0.2, -0.15) is 0 Å². The largest absolute Gasteiger partial charge is 0.261 e. The average Bonchev–Trinajstić information content (AvgIpc) is 2.11. The lowest BCUT2D eigenvalue weighted by molar-refractivity contribution is 0.880. The van der Waals surface area contributed by atoms with Crippen molar-refractivity contribution in [2.45, 2.75) is 47.0 Å². The van der Waals surface area contributed by atoms with Gasteiger partial charge in [0.1, 0.15) is 0 Å². The summed E-state index contributed by atoms with van der Waals surface area (Å²) in [6, 6.07) is 4.21. The molecule has 74 valence electrons. The number of hydrogen-bond donors (Lipinski definition) is 0. The Morgan fingerprint density at radius 2 is 1.77 bits per heavy atom. The molecule has 1 rings (SSSR count). The highest BCUT2D eigenvalue weighted by Gasteiger charge is 1.89. The van der Waals surface area contributed by atoms with E-state index >= 15 is 0 Å². The lowest BCUT2D eigenvalue weighted by Crippen LogP contribution is -1.87. The van der Waals surface area contributed by atoms with Crippen molar-refractivity contribution in [3.8, 4) is 0 Å². The molecule has 0 spiro atoms. The number of pyridine rings is 1. The zero-order valence-corrected chi connectivity index (χ0v) is 9.30. The van der Waals surface area contributed by atoms with Gasteiger partial charge in [-0.3, -0.25) is 4.98 Å². The molecular weight excluding hydrogens is 158 g/mol. The van der Waals surface area contributed by atoms with E-state index in [1.54, 1.807) is 0 Å². The Labute approximate surface area is 82.2 Å². The highest BCUT2D eigenvalue weighted by atomic mass is 14.7. The van der Waals surface area contributed by atoms with Gasteiger partial charge in [-0.1, -0.05) is 39.7 Å². The molecule has 0 fully saturated rings. The number of rotatable bonds is 2. The number of nitrogens with zero attached hydrogens (tertiary/aromatic N) is 1. The Kier molecular flexibility index (Phi) is 7.27. The van der Waals surface area contributed by atoms with E-state index in [1.165, 1.54) is 24.1 Å². The van der Waals surface area contributed by atoms with Gasteiger partial charge in [0.25, 0.3) is 0 Å². The van der Waals surface area contributed by atoms with Gasteiger partial charge in [-0.15, -0.1) is 0 Å². The Hall–Kier alpha value is -0.850. The van der Waals surface area contributed by atoms with Crippen molar-refractivity contribution in [2.24, 2.45) is 0 Å². The molecule has 0 N–H and O–H groups in total. The smallest absolute Gasteiger partial charge is 0.0403 e. The van der Waals surface area contributed by atoms with Gasteiger partial charge in [-0.25, -0.2) is 0 Å². The van der Waals surface area contributed by atoms with Crippen LogP contribution < -0.4 is 0 Å². The molecule has 0 aromatic carbocycles. The lowest BCUT2D eigenvalue weighted by Gasteiger charge is -1.96. The maximum Gasteiger partial charge on any atom is 0.0403 e. The third-order valence-electron chi connectivity index (χ3n) is 1.48. The van der Waals surface area contributed by atoms with Gasteiger partial charge >= 0.3 is 0 Å². The molecule has 13 heavy (non-hydrogen) atoms. The normalized spacial score (nSPS) is 8.92. The second-order valence-electron chi connectivity index (χ2n) is 3.28. The van der Waals surface area contributed by atoms with Crippen LogP contribution in [0.4, 0.5) is 0 Å². The first-order valence-corrected chi connectivity index (χ1v) is 5.16. The highest BCUT2D eigenvalue weighted by molar-refractivity contribution is 5.11. The van der Waals surface area contributed by atoms with Crippen LogP contribution in [0.3, 0.4) is 0 Å². The quantitative estimate of drug-likeness (QED) is 0.673. The summed E-state index contributed by atoms with van der Waals surface area (Å²) in [5, 5.41) is 0. The van der Waals surface area contributed by atoms with Gasteiger partial charge in [0.15, 0.2) is 0 Å². The van der Waals surface area contributed by atoms with Crippen molar-refractivity contribution in [3.05, 3.63) is 29.6 Å². The first-order chi connectivity index (χ1) is 6.24. The van der Waals surface area contributed by atoms with Crippen molar-refractivity contribution in [2.75, 3.05) is 0 Å². The van der Waals surface area contributed by atoms with E-state index < -0.39 is 0 Å². The fraction of sp³-hybridized carbons (Fsp3) is 0.583. The first-order valence-electron chi connectivity index (χ1n) is 5.16. The molecule has 1 nitrogen and oxygen atoms in total. The summed E-state index contributed by atoms with van der Waals surface area (Å²) >= 11 is 0. The third-order valence-corrected chi connectivity index (χ3v) is 1.48. The minimum Gasteiger partial charge on any atom is -0.261 e. The molecule has 1 heterocycles. The van der Waals surface area contributed by atoms with Gasteiger partial charge < -0.3 is 0 Å². The Bertz CT molecular complexity index is 201. The van der Waals surface area contributed by atoms with Crippen LogP contribution in [-0.4, -0.2) is 4.98 Å². The Morgan fingerprint density at radius 3 is 2.15 bits per heavy atom. The molecule has 0 aliphatic carbocycles. The van der Waals surface area contributed by atoms with Crippen LogP contribution in [0.2, 0.25) is 0 Å².